The third-order valence-electron chi connectivity index (χ3n) is 3.93. The molecule has 1 heterocycles. The number of hydrogen-bond acceptors (Lipinski definition) is 5. The summed E-state index contributed by atoms with van der Waals surface area (Å²) in [5.74, 6) is 0.241. The highest BCUT2D eigenvalue weighted by molar-refractivity contribution is 7.18. The van der Waals surface area contributed by atoms with Crippen molar-refractivity contribution in [2.24, 2.45) is 0 Å². The molecular weight excluding hydrogens is 384 g/mol. The van der Waals surface area contributed by atoms with Gasteiger partial charge >= 0.3 is 11.9 Å². The fourth-order valence-corrected chi connectivity index (χ4v) is 3.61. The van der Waals surface area contributed by atoms with Crippen LogP contribution < -0.4 is 9.47 Å². The van der Waals surface area contributed by atoms with E-state index in [1.54, 1.807) is 61.6 Å². The van der Waals surface area contributed by atoms with Crippen LogP contribution >= 0.6 is 11.3 Å². The number of carbonyl (C=O) groups is 2. The average molecular weight is 404 g/mol. The summed E-state index contributed by atoms with van der Waals surface area (Å²) in [6.45, 7) is 3.53. The molecule has 0 amide bonds. The van der Waals surface area contributed by atoms with Crippen molar-refractivity contribution in [2.75, 3.05) is 0 Å². The molecule has 0 saturated carbocycles. The van der Waals surface area contributed by atoms with Gasteiger partial charge in [-0.25, -0.2) is 9.59 Å². The molecule has 0 aliphatic carbocycles. The quantitative estimate of drug-likeness (QED) is 0.285. The topological polar surface area (TPSA) is 52.6 Å². The minimum absolute atomic E-state index is 0.390. The van der Waals surface area contributed by atoms with Gasteiger partial charge in [-0.1, -0.05) is 12.2 Å². The van der Waals surface area contributed by atoms with Crippen LogP contribution in [0.1, 0.15) is 13.8 Å². The van der Waals surface area contributed by atoms with Gasteiger partial charge in [0, 0.05) is 21.9 Å². The minimum Gasteiger partial charge on any atom is -0.423 e. The van der Waals surface area contributed by atoms with Crippen molar-refractivity contribution in [2.45, 2.75) is 13.8 Å². The van der Waals surface area contributed by atoms with E-state index in [1.807, 2.05) is 24.3 Å². The largest absolute Gasteiger partial charge is 0.423 e. The van der Waals surface area contributed by atoms with Crippen LogP contribution in [-0.2, 0) is 9.59 Å². The van der Waals surface area contributed by atoms with E-state index in [-0.39, 0.29) is 0 Å². The van der Waals surface area contributed by atoms with Gasteiger partial charge in [-0.05, 0) is 85.6 Å². The molecular formula is C24H20O4S. The van der Waals surface area contributed by atoms with Gasteiger partial charge in [0.1, 0.15) is 11.5 Å². The molecule has 4 nitrogen and oxygen atoms in total. The highest BCUT2D eigenvalue weighted by atomic mass is 32.1. The van der Waals surface area contributed by atoms with Crippen molar-refractivity contribution < 1.29 is 19.1 Å². The molecule has 0 spiro atoms. The molecule has 0 saturated heterocycles. The van der Waals surface area contributed by atoms with Crippen LogP contribution in [0.5, 0.6) is 11.5 Å². The minimum atomic E-state index is -0.390. The predicted octanol–water partition coefficient (Wildman–Crippen LogP) is 6.05. The summed E-state index contributed by atoms with van der Waals surface area (Å²) in [5, 5.41) is 0. The van der Waals surface area contributed by atoms with Gasteiger partial charge in [0.2, 0.25) is 0 Å². The summed E-state index contributed by atoms with van der Waals surface area (Å²) in [7, 11) is 0. The maximum Gasteiger partial charge on any atom is 0.335 e. The highest BCUT2D eigenvalue weighted by Crippen LogP contribution is 2.35. The second kappa shape index (κ2) is 9.66. The lowest BCUT2D eigenvalue weighted by Gasteiger charge is -2.03. The van der Waals surface area contributed by atoms with E-state index in [9.17, 15) is 9.59 Å². The zero-order chi connectivity index (χ0) is 20.6. The highest BCUT2D eigenvalue weighted by Gasteiger charge is 2.07. The van der Waals surface area contributed by atoms with E-state index in [4.69, 9.17) is 9.47 Å². The first-order chi connectivity index (χ1) is 14.1. The summed E-state index contributed by atoms with van der Waals surface area (Å²) in [4.78, 5) is 25.2. The number of benzene rings is 2. The van der Waals surface area contributed by atoms with Gasteiger partial charge in [-0.15, -0.1) is 11.3 Å². The molecule has 0 fully saturated rings. The van der Waals surface area contributed by atoms with Gasteiger partial charge in [-0.3, -0.25) is 0 Å². The molecule has 3 rings (SSSR count). The molecule has 0 N–H and O–H groups in total. The monoisotopic (exact) mass is 404 g/mol. The number of esters is 2. The lowest BCUT2D eigenvalue weighted by Crippen LogP contribution is -2.03. The Morgan fingerprint density at radius 1 is 0.655 bits per heavy atom. The van der Waals surface area contributed by atoms with E-state index in [2.05, 4.69) is 12.1 Å². The predicted molar refractivity (Wildman–Crippen MR) is 116 cm³/mol. The Labute approximate surface area is 173 Å². The van der Waals surface area contributed by atoms with E-state index in [0.717, 1.165) is 20.9 Å². The van der Waals surface area contributed by atoms with Gasteiger partial charge in [0.15, 0.2) is 0 Å². The number of hydrogen-bond donors (Lipinski definition) is 0. The molecule has 1 aromatic heterocycles. The SMILES string of the molecule is CC=CC(=O)Oc1ccc(-c2ccc(-c3ccc(OC(=O)C=CC)cc3)s2)cc1. The molecule has 0 atom stereocenters. The Hall–Kier alpha value is -3.44. The van der Waals surface area contributed by atoms with Crippen molar-refractivity contribution in [1.82, 2.24) is 0 Å². The first kappa shape index (κ1) is 20.3. The van der Waals surface area contributed by atoms with Crippen LogP contribution in [0.3, 0.4) is 0 Å². The van der Waals surface area contributed by atoms with Crippen LogP contribution in [0.4, 0.5) is 0 Å². The zero-order valence-corrected chi connectivity index (χ0v) is 16.9. The Morgan fingerprint density at radius 2 is 1.03 bits per heavy atom. The molecule has 5 heteroatoms. The summed E-state index contributed by atoms with van der Waals surface area (Å²) in [6.07, 6.45) is 6.05. The lowest BCUT2D eigenvalue weighted by molar-refractivity contribution is -0.129. The first-order valence-corrected chi connectivity index (χ1v) is 9.90. The third kappa shape index (κ3) is 5.53. The molecule has 29 heavy (non-hydrogen) atoms. The van der Waals surface area contributed by atoms with E-state index < -0.39 is 11.9 Å². The molecule has 0 unspecified atom stereocenters. The Bertz CT molecular complexity index is 957. The van der Waals surface area contributed by atoms with E-state index >= 15 is 0 Å². The smallest absolute Gasteiger partial charge is 0.335 e. The fourth-order valence-electron chi connectivity index (χ4n) is 2.60. The van der Waals surface area contributed by atoms with Crippen LogP contribution in [0.15, 0.2) is 85.0 Å². The van der Waals surface area contributed by atoms with Crippen LogP contribution in [0, 0.1) is 0 Å². The average Bonchev–Trinajstić information content (AvgIpc) is 3.20. The van der Waals surface area contributed by atoms with Gasteiger partial charge < -0.3 is 9.47 Å². The number of ether oxygens (including phenoxy) is 2. The van der Waals surface area contributed by atoms with E-state index in [1.165, 1.54) is 12.2 Å². The van der Waals surface area contributed by atoms with Crippen molar-refractivity contribution >= 4 is 23.3 Å². The Morgan fingerprint density at radius 3 is 1.38 bits per heavy atom. The van der Waals surface area contributed by atoms with Crippen LogP contribution in [0.2, 0.25) is 0 Å². The summed E-state index contributed by atoms with van der Waals surface area (Å²) < 4.78 is 10.4. The van der Waals surface area contributed by atoms with Crippen molar-refractivity contribution in [3.8, 4) is 32.4 Å². The van der Waals surface area contributed by atoms with Crippen molar-refractivity contribution in [3.05, 3.63) is 85.0 Å². The second-order valence-electron chi connectivity index (χ2n) is 6.05. The third-order valence-corrected chi connectivity index (χ3v) is 5.11. The Balaban J connectivity index is 1.70. The Kier molecular flexibility index (Phi) is 6.76. The maximum absolute atomic E-state index is 11.5. The molecule has 0 radical (unpaired) electrons. The number of allylic oxidation sites excluding steroid dienone is 2. The molecule has 146 valence electrons. The fraction of sp³-hybridized carbons (Fsp3) is 0.0833. The van der Waals surface area contributed by atoms with Crippen LogP contribution in [0.25, 0.3) is 20.9 Å². The normalized spacial score (nSPS) is 11.1. The second-order valence-corrected chi connectivity index (χ2v) is 7.14. The van der Waals surface area contributed by atoms with Gasteiger partial charge in [-0.2, -0.15) is 0 Å². The number of carbonyl (C=O) groups excluding carboxylic acids is 2. The summed E-state index contributed by atoms with van der Waals surface area (Å²) >= 11 is 1.66. The maximum atomic E-state index is 11.5. The van der Waals surface area contributed by atoms with E-state index in [0.29, 0.717) is 11.5 Å². The first-order valence-electron chi connectivity index (χ1n) is 9.09. The van der Waals surface area contributed by atoms with Gasteiger partial charge in [0.05, 0.1) is 0 Å². The summed E-state index contributed by atoms with van der Waals surface area (Å²) in [5.41, 5.74) is 2.09. The molecule has 0 aliphatic rings. The number of rotatable bonds is 6. The van der Waals surface area contributed by atoms with Crippen LogP contribution in [-0.4, -0.2) is 11.9 Å². The molecule has 0 bridgehead atoms. The molecule has 2 aromatic carbocycles. The summed E-state index contributed by atoms with van der Waals surface area (Å²) in [6, 6.07) is 19.0. The van der Waals surface area contributed by atoms with Crippen molar-refractivity contribution in [1.29, 1.82) is 0 Å². The zero-order valence-electron chi connectivity index (χ0n) is 16.1. The van der Waals surface area contributed by atoms with Crippen molar-refractivity contribution in [3.63, 3.8) is 0 Å². The molecule has 0 aliphatic heterocycles. The molecule has 3 aromatic rings. The standard InChI is InChI=1S/C24H20O4S/c1-3-5-23(25)27-19-11-7-17(8-12-19)21-15-16-22(29-21)18-9-13-20(14-10-18)28-24(26)6-4-2/h3-16H,1-2H3. The number of thiophene rings is 1. The lowest BCUT2D eigenvalue weighted by atomic mass is 10.1. The van der Waals surface area contributed by atoms with Gasteiger partial charge in [0.25, 0.3) is 0 Å².